The van der Waals surface area contributed by atoms with E-state index in [-0.39, 0.29) is 12.3 Å². The molecule has 0 saturated carbocycles. The number of hydrogen-bond donors (Lipinski definition) is 1. The van der Waals surface area contributed by atoms with E-state index in [9.17, 15) is 14.7 Å². The number of carboxylic acid groups (broad SMARTS) is 1. The number of benzene rings is 1. The van der Waals surface area contributed by atoms with Crippen molar-refractivity contribution in [3.05, 3.63) is 53.0 Å². The molecule has 1 aliphatic carbocycles. The van der Waals surface area contributed by atoms with E-state index in [1.165, 1.54) is 16.2 Å². The fourth-order valence-electron chi connectivity index (χ4n) is 3.87. The molecule has 1 aromatic carbocycles. The Labute approximate surface area is 166 Å². The van der Waals surface area contributed by atoms with Gasteiger partial charge in [0.25, 0.3) is 0 Å². The molecule has 8 heteroatoms. The summed E-state index contributed by atoms with van der Waals surface area (Å²) in [6, 6.07) is 9.64. The number of fused-ring (bicyclic) bond motifs is 1. The van der Waals surface area contributed by atoms with Crippen molar-refractivity contribution in [2.75, 3.05) is 11.9 Å². The van der Waals surface area contributed by atoms with Crippen molar-refractivity contribution in [2.24, 2.45) is 12.5 Å². The lowest BCUT2D eigenvalue weighted by atomic mass is 9.80. The van der Waals surface area contributed by atoms with Gasteiger partial charge in [-0.25, -0.2) is 4.98 Å². The lowest BCUT2D eigenvalue weighted by Gasteiger charge is -2.30. The first-order chi connectivity index (χ1) is 13.4. The lowest BCUT2D eigenvalue weighted by Crippen LogP contribution is -2.44. The minimum atomic E-state index is -0.985. The average Bonchev–Trinajstić information content (AvgIpc) is 3.37. The van der Waals surface area contributed by atoms with Gasteiger partial charge in [0.05, 0.1) is 11.8 Å². The largest absolute Gasteiger partial charge is 0.481 e. The first-order valence-electron chi connectivity index (χ1n) is 8.90. The summed E-state index contributed by atoms with van der Waals surface area (Å²) < 4.78 is 1.70. The maximum absolute atomic E-state index is 13.4. The van der Waals surface area contributed by atoms with Gasteiger partial charge in [-0.15, -0.1) is 11.3 Å². The SMILES string of the molecule is CN(C(=O)C1(CC(=O)O)Cc2ccccc2C1)c1nc(-c2ccn(C)n2)cs1. The van der Waals surface area contributed by atoms with Crippen LogP contribution in [-0.4, -0.2) is 38.8 Å². The number of anilines is 1. The first-order valence-corrected chi connectivity index (χ1v) is 9.78. The molecule has 0 saturated heterocycles. The smallest absolute Gasteiger partial charge is 0.304 e. The van der Waals surface area contributed by atoms with E-state index in [0.717, 1.165) is 16.8 Å². The lowest BCUT2D eigenvalue weighted by molar-refractivity contribution is -0.144. The summed E-state index contributed by atoms with van der Waals surface area (Å²) in [4.78, 5) is 31.0. The molecule has 2 aromatic heterocycles. The molecular formula is C20H20N4O3S. The number of carbonyl (C=O) groups is 2. The second-order valence-corrected chi connectivity index (χ2v) is 8.06. The molecule has 2 heterocycles. The van der Waals surface area contributed by atoms with Crippen LogP contribution in [-0.2, 0) is 29.5 Å². The normalized spacial score (nSPS) is 14.6. The van der Waals surface area contributed by atoms with Crippen LogP contribution in [0, 0.1) is 5.41 Å². The van der Waals surface area contributed by atoms with E-state index < -0.39 is 11.4 Å². The maximum atomic E-state index is 13.4. The highest BCUT2D eigenvalue weighted by Gasteiger charge is 2.47. The number of aliphatic carboxylic acids is 1. The van der Waals surface area contributed by atoms with E-state index in [0.29, 0.717) is 23.7 Å². The van der Waals surface area contributed by atoms with Crippen LogP contribution in [0.5, 0.6) is 0 Å². The van der Waals surface area contributed by atoms with Crippen molar-refractivity contribution in [1.29, 1.82) is 0 Å². The van der Waals surface area contributed by atoms with E-state index in [1.807, 2.05) is 49.0 Å². The molecule has 1 amide bonds. The Hall–Kier alpha value is -3.00. The molecule has 7 nitrogen and oxygen atoms in total. The predicted octanol–water partition coefficient (Wildman–Crippen LogP) is 2.77. The van der Waals surface area contributed by atoms with Crippen LogP contribution < -0.4 is 4.90 Å². The first kappa shape index (κ1) is 18.4. The molecule has 0 aliphatic heterocycles. The topological polar surface area (TPSA) is 88.3 Å². The minimum absolute atomic E-state index is 0.205. The van der Waals surface area contributed by atoms with Crippen LogP contribution in [0.4, 0.5) is 5.13 Å². The van der Waals surface area contributed by atoms with Crippen molar-refractivity contribution in [3.63, 3.8) is 0 Å². The Bertz CT molecular complexity index is 1030. The van der Waals surface area contributed by atoms with Gasteiger partial charge in [-0.2, -0.15) is 5.10 Å². The maximum Gasteiger partial charge on any atom is 0.304 e. The van der Waals surface area contributed by atoms with Gasteiger partial charge in [0, 0.05) is 25.7 Å². The number of thiazole rings is 1. The summed E-state index contributed by atoms with van der Waals surface area (Å²) in [5, 5.41) is 16.2. The van der Waals surface area contributed by atoms with Gasteiger partial charge < -0.3 is 5.11 Å². The van der Waals surface area contributed by atoms with E-state index in [1.54, 1.807) is 11.7 Å². The van der Waals surface area contributed by atoms with Gasteiger partial charge in [-0.3, -0.25) is 19.2 Å². The summed E-state index contributed by atoms with van der Waals surface area (Å²) in [7, 11) is 3.50. The zero-order valence-electron chi connectivity index (χ0n) is 15.6. The molecule has 0 unspecified atom stereocenters. The summed E-state index contributed by atoms with van der Waals surface area (Å²) in [5.74, 6) is -1.18. The highest BCUT2D eigenvalue weighted by molar-refractivity contribution is 7.14. The van der Waals surface area contributed by atoms with Crippen LogP contribution in [0.3, 0.4) is 0 Å². The quantitative estimate of drug-likeness (QED) is 0.716. The van der Waals surface area contributed by atoms with Crippen LogP contribution in [0.15, 0.2) is 41.9 Å². The fraction of sp³-hybridized carbons (Fsp3) is 0.300. The van der Waals surface area contributed by atoms with Crippen molar-refractivity contribution in [3.8, 4) is 11.4 Å². The number of rotatable bonds is 5. The Morgan fingerprint density at radius 1 is 1.21 bits per heavy atom. The van der Waals surface area contributed by atoms with Gasteiger partial charge in [-0.1, -0.05) is 24.3 Å². The number of amides is 1. The molecule has 0 fully saturated rings. The molecule has 3 aromatic rings. The molecule has 0 atom stereocenters. The number of nitrogens with zero attached hydrogens (tertiary/aromatic N) is 4. The van der Waals surface area contributed by atoms with Crippen molar-refractivity contribution >= 4 is 28.3 Å². The highest BCUT2D eigenvalue weighted by atomic mass is 32.1. The molecule has 144 valence electrons. The van der Waals surface area contributed by atoms with Crippen LogP contribution in [0.1, 0.15) is 17.5 Å². The van der Waals surface area contributed by atoms with Crippen LogP contribution >= 0.6 is 11.3 Å². The van der Waals surface area contributed by atoms with Crippen molar-refractivity contribution < 1.29 is 14.7 Å². The molecule has 0 radical (unpaired) electrons. The fourth-order valence-corrected chi connectivity index (χ4v) is 4.65. The summed E-state index contributed by atoms with van der Waals surface area (Å²) in [6.07, 6.45) is 2.48. The second kappa shape index (κ2) is 6.87. The minimum Gasteiger partial charge on any atom is -0.481 e. The summed E-state index contributed by atoms with van der Waals surface area (Å²) in [6.45, 7) is 0. The molecule has 0 spiro atoms. The molecule has 1 N–H and O–H groups in total. The average molecular weight is 396 g/mol. The molecular weight excluding hydrogens is 376 g/mol. The van der Waals surface area contributed by atoms with Crippen molar-refractivity contribution in [1.82, 2.24) is 14.8 Å². The Balaban J connectivity index is 1.63. The number of carboxylic acids is 1. The monoisotopic (exact) mass is 396 g/mol. The molecule has 28 heavy (non-hydrogen) atoms. The predicted molar refractivity (Wildman–Crippen MR) is 106 cm³/mol. The zero-order valence-corrected chi connectivity index (χ0v) is 16.4. The molecule has 0 bridgehead atoms. The Kier molecular flexibility index (Phi) is 4.50. The summed E-state index contributed by atoms with van der Waals surface area (Å²) >= 11 is 1.35. The van der Waals surface area contributed by atoms with Gasteiger partial charge in [0.1, 0.15) is 11.4 Å². The number of carbonyl (C=O) groups excluding carboxylic acids is 1. The molecule has 1 aliphatic rings. The van der Waals surface area contributed by atoms with E-state index in [2.05, 4.69) is 10.1 Å². The van der Waals surface area contributed by atoms with Crippen LogP contribution in [0.25, 0.3) is 11.4 Å². The molecule has 4 rings (SSSR count). The van der Waals surface area contributed by atoms with E-state index >= 15 is 0 Å². The van der Waals surface area contributed by atoms with E-state index in [4.69, 9.17) is 0 Å². The zero-order chi connectivity index (χ0) is 19.9. The third-order valence-corrected chi connectivity index (χ3v) is 6.10. The summed E-state index contributed by atoms with van der Waals surface area (Å²) in [5.41, 5.74) is 2.53. The van der Waals surface area contributed by atoms with Crippen LogP contribution in [0.2, 0.25) is 0 Å². The Morgan fingerprint density at radius 2 is 1.89 bits per heavy atom. The Morgan fingerprint density at radius 3 is 2.46 bits per heavy atom. The van der Waals surface area contributed by atoms with Gasteiger partial charge >= 0.3 is 5.97 Å². The van der Waals surface area contributed by atoms with Crippen molar-refractivity contribution in [2.45, 2.75) is 19.3 Å². The second-order valence-electron chi connectivity index (χ2n) is 7.23. The highest BCUT2D eigenvalue weighted by Crippen LogP contribution is 2.42. The van der Waals surface area contributed by atoms with Gasteiger partial charge in [-0.05, 0) is 30.0 Å². The number of aromatic nitrogens is 3. The third kappa shape index (κ3) is 3.20. The number of aryl methyl sites for hydroxylation is 1. The third-order valence-electron chi connectivity index (χ3n) is 5.18. The van der Waals surface area contributed by atoms with Gasteiger partial charge in [0.2, 0.25) is 5.91 Å². The van der Waals surface area contributed by atoms with Gasteiger partial charge in [0.15, 0.2) is 5.13 Å². The standard InChI is InChI=1S/C20H20N4O3S/c1-23-8-7-15(22-23)16-12-28-19(21-16)24(2)18(27)20(11-17(25)26)9-13-5-3-4-6-14(13)10-20/h3-8,12H,9-11H2,1-2H3,(H,25,26). The number of hydrogen-bond acceptors (Lipinski definition) is 5.